The summed E-state index contributed by atoms with van der Waals surface area (Å²) in [6.45, 7) is 0. The van der Waals surface area contributed by atoms with Crippen LogP contribution in [0.2, 0.25) is 0 Å². The van der Waals surface area contributed by atoms with Crippen molar-refractivity contribution >= 4 is 11.5 Å². The van der Waals surface area contributed by atoms with Gasteiger partial charge in [-0.15, -0.1) is 0 Å². The van der Waals surface area contributed by atoms with Crippen molar-refractivity contribution in [1.29, 1.82) is 0 Å². The first-order chi connectivity index (χ1) is 8.70. The van der Waals surface area contributed by atoms with Crippen molar-refractivity contribution in [2.24, 2.45) is 0 Å². The Labute approximate surface area is 106 Å². The number of Topliss-reactive ketones (excluding diaryl/α,β-unsaturated/α-hetero) is 1. The van der Waals surface area contributed by atoms with Crippen LogP contribution in [-0.2, 0) is 6.42 Å². The molecule has 0 heterocycles. The summed E-state index contributed by atoms with van der Waals surface area (Å²) in [5, 5.41) is 0. The van der Waals surface area contributed by atoms with Crippen molar-refractivity contribution < 1.29 is 9.53 Å². The molecule has 0 saturated heterocycles. The van der Waals surface area contributed by atoms with Crippen LogP contribution >= 0.6 is 0 Å². The van der Waals surface area contributed by atoms with Crippen molar-refractivity contribution in [3.63, 3.8) is 0 Å². The van der Waals surface area contributed by atoms with Gasteiger partial charge in [-0.25, -0.2) is 0 Å². The molecule has 0 radical (unpaired) electrons. The fraction of sp³-hybridized carbons (Fsp3) is 0.133. The number of carbonyl (C=O) groups excluding carboxylic acids is 1. The van der Waals surface area contributed by atoms with Crippen molar-refractivity contribution in [2.45, 2.75) is 6.42 Å². The third-order valence-electron chi connectivity index (χ3n) is 2.75. The van der Waals surface area contributed by atoms with Crippen LogP contribution in [0.5, 0.6) is 5.75 Å². The standard InChI is InChI=1S/C15H15NO2/c1-18-15-5-3-2-4-13(15)14(17)10-11-6-8-12(16)9-7-11/h2-9H,10,16H2,1H3. The highest BCUT2D eigenvalue weighted by atomic mass is 16.5. The number of nitrogen functional groups attached to an aromatic ring is 1. The smallest absolute Gasteiger partial charge is 0.170 e. The number of hydrogen-bond acceptors (Lipinski definition) is 3. The van der Waals surface area contributed by atoms with Crippen molar-refractivity contribution in [1.82, 2.24) is 0 Å². The van der Waals surface area contributed by atoms with Crippen LogP contribution in [0, 0.1) is 0 Å². The largest absolute Gasteiger partial charge is 0.496 e. The molecule has 0 aromatic heterocycles. The number of hydrogen-bond donors (Lipinski definition) is 1. The van der Waals surface area contributed by atoms with E-state index in [-0.39, 0.29) is 5.78 Å². The second-order valence-corrected chi connectivity index (χ2v) is 4.04. The van der Waals surface area contributed by atoms with Gasteiger partial charge in [0.05, 0.1) is 12.7 Å². The van der Waals surface area contributed by atoms with Crippen molar-refractivity contribution in [3.8, 4) is 5.75 Å². The van der Waals surface area contributed by atoms with E-state index < -0.39 is 0 Å². The lowest BCUT2D eigenvalue weighted by Gasteiger charge is -2.07. The zero-order valence-corrected chi connectivity index (χ0v) is 10.2. The molecule has 0 amide bonds. The molecule has 0 aliphatic rings. The van der Waals surface area contributed by atoms with Crippen LogP contribution in [0.4, 0.5) is 5.69 Å². The molecule has 0 aliphatic heterocycles. The first-order valence-electron chi connectivity index (χ1n) is 5.71. The normalized spacial score (nSPS) is 10.1. The van der Waals surface area contributed by atoms with E-state index >= 15 is 0 Å². The van der Waals surface area contributed by atoms with Gasteiger partial charge < -0.3 is 10.5 Å². The summed E-state index contributed by atoms with van der Waals surface area (Å²) < 4.78 is 5.18. The topological polar surface area (TPSA) is 52.3 Å². The van der Waals surface area contributed by atoms with Crippen molar-refractivity contribution in [3.05, 3.63) is 59.7 Å². The Kier molecular flexibility index (Phi) is 3.63. The first kappa shape index (κ1) is 12.2. The second kappa shape index (κ2) is 5.36. The number of carbonyl (C=O) groups is 1. The lowest BCUT2D eigenvalue weighted by Crippen LogP contribution is -2.05. The van der Waals surface area contributed by atoms with Crippen LogP contribution < -0.4 is 10.5 Å². The Morgan fingerprint density at radius 3 is 2.44 bits per heavy atom. The minimum atomic E-state index is 0.0391. The summed E-state index contributed by atoms with van der Waals surface area (Å²) in [7, 11) is 1.56. The van der Waals surface area contributed by atoms with E-state index in [1.165, 1.54) is 0 Å². The second-order valence-electron chi connectivity index (χ2n) is 4.04. The Morgan fingerprint density at radius 2 is 1.78 bits per heavy atom. The van der Waals surface area contributed by atoms with Crippen LogP contribution in [0.1, 0.15) is 15.9 Å². The molecule has 2 N–H and O–H groups in total. The molecule has 3 nitrogen and oxygen atoms in total. The highest BCUT2D eigenvalue weighted by Gasteiger charge is 2.11. The van der Waals surface area contributed by atoms with Gasteiger partial charge in [-0.3, -0.25) is 4.79 Å². The summed E-state index contributed by atoms with van der Waals surface area (Å²) in [4.78, 5) is 12.2. The maximum absolute atomic E-state index is 12.2. The molecule has 2 aromatic carbocycles. The molecule has 18 heavy (non-hydrogen) atoms. The summed E-state index contributed by atoms with van der Waals surface area (Å²) in [5.74, 6) is 0.648. The van der Waals surface area contributed by atoms with Crippen LogP contribution in [0.25, 0.3) is 0 Å². The molecular formula is C15H15NO2. The van der Waals surface area contributed by atoms with Gasteiger partial charge in [0.2, 0.25) is 0 Å². The van der Waals surface area contributed by atoms with Gasteiger partial charge in [0, 0.05) is 12.1 Å². The zero-order valence-electron chi connectivity index (χ0n) is 10.2. The summed E-state index contributed by atoms with van der Waals surface area (Å²) in [6, 6.07) is 14.6. The van der Waals surface area contributed by atoms with Gasteiger partial charge >= 0.3 is 0 Å². The van der Waals surface area contributed by atoms with Gasteiger partial charge in [0.25, 0.3) is 0 Å². The van der Waals surface area contributed by atoms with E-state index in [1.807, 2.05) is 24.3 Å². The zero-order chi connectivity index (χ0) is 13.0. The van der Waals surface area contributed by atoms with Gasteiger partial charge in [-0.05, 0) is 29.8 Å². The molecule has 0 atom stereocenters. The minimum Gasteiger partial charge on any atom is -0.496 e. The lowest BCUT2D eigenvalue weighted by molar-refractivity contribution is 0.0990. The number of ether oxygens (including phenoxy) is 1. The summed E-state index contributed by atoms with van der Waals surface area (Å²) in [6.07, 6.45) is 0.348. The van der Waals surface area contributed by atoms with E-state index in [4.69, 9.17) is 10.5 Å². The van der Waals surface area contributed by atoms with Crippen molar-refractivity contribution in [2.75, 3.05) is 12.8 Å². The number of methoxy groups -OCH3 is 1. The van der Waals surface area contributed by atoms with Gasteiger partial charge in [0.15, 0.2) is 5.78 Å². The molecule has 92 valence electrons. The molecule has 0 spiro atoms. The molecule has 2 rings (SSSR count). The average Bonchev–Trinajstić information content (AvgIpc) is 2.41. The molecule has 3 heteroatoms. The maximum atomic E-state index is 12.2. The fourth-order valence-electron chi connectivity index (χ4n) is 1.79. The molecule has 0 unspecified atom stereocenters. The third-order valence-corrected chi connectivity index (χ3v) is 2.75. The number of rotatable bonds is 4. The van der Waals surface area contributed by atoms with E-state index in [0.717, 1.165) is 5.56 Å². The molecule has 0 aliphatic carbocycles. The number of anilines is 1. The minimum absolute atomic E-state index is 0.0391. The fourth-order valence-corrected chi connectivity index (χ4v) is 1.79. The Balaban J connectivity index is 2.19. The monoisotopic (exact) mass is 241 g/mol. The quantitative estimate of drug-likeness (QED) is 0.661. The summed E-state index contributed by atoms with van der Waals surface area (Å²) >= 11 is 0. The maximum Gasteiger partial charge on any atom is 0.170 e. The Bertz CT molecular complexity index is 547. The van der Waals surface area contributed by atoms with Gasteiger partial charge in [-0.1, -0.05) is 24.3 Å². The Hall–Kier alpha value is -2.29. The average molecular weight is 241 g/mol. The molecule has 0 saturated carbocycles. The van der Waals surface area contributed by atoms with E-state index in [1.54, 1.807) is 31.4 Å². The molecule has 2 aromatic rings. The third kappa shape index (κ3) is 2.69. The molecule has 0 fully saturated rings. The number of ketones is 1. The molecule has 0 bridgehead atoms. The first-order valence-corrected chi connectivity index (χ1v) is 5.71. The number of nitrogens with two attached hydrogens (primary N) is 1. The SMILES string of the molecule is COc1ccccc1C(=O)Cc1ccc(N)cc1. The molecular weight excluding hydrogens is 226 g/mol. The van der Waals surface area contributed by atoms with Crippen LogP contribution in [0.15, 0.2) is 48.5 Å². The van der Waals surface area contributed by atoms with E-state index in [9.17, 15) is 4.79 Å². The van der Waals surface area contributed by atoms with E-state index in [0.29, 0.717) is 23.4 Å². The van der Waals surface area contributed by atoms with Gasteiger partial charge in [0.1, 0.15) is 5.75 Å². The summed E-state index contributed by atoms with van der Waals surface area (Å²) in [5.41, 5.74) is 7.86. The lowest BCUT2D eigenvalue weighted by atomic mass is 10.0. The van der Waals surface area contributed by atoms with Crippen LogP contribution in [-0.4, -0.2) is 12.9 Å². The van der Waals surface area contributed by atoms with Crippen LogP contribution in [0.3, 0.4) is 0 Å². The Morgan fingerprint density at radius 1 is 1.11 bits per heavy atom. The predicted molar refractivity (Wildman–Crippen MR) is 71.9 cm³/mol. The van der Waals surface area contributed by atoms with E-state index in [2.05, 4.69) is 0 Å². The number of benzene rings is 2. The van der Waals surface area contributed by atoms with Gasteiger partial charge in [-0.2, -0.15) is 0 Å². The highest BCUT2D eigenvalue weighted by Crippen LogP contribution is 2.19. The highest BCUT2D eigenvalue weighted by molar-refractivity contribution is 5.99. The number of para-hydroxylation sites is 1. The predicted octanol–water partition coefficient (Wildman–Crippen LogP) is 2.70.